The fraction of sp³-hybridized carbons (Fsp3) is 0.278. The van der Waals surface area contributed by atoms with Crippen LogP contribution in [-0.2, 0) is 0 Å². The van der Waals surface area contributed by atoms with Gasteiger partial charge in [-0.15, -0.1) is 0 Å². The molecule has 0 unspecified atom stereocenters. The molecule has 0 saturated heterocycles. The molecule has 1 N–H and O–H groups in total. The Morgan fingerprint density at radius 3 is 2.48 bits per heavy atom. The highest BCUT2D eigenvalue weighted by atomic mass is 79.9. The molecule has 4 nitrogen and oxygen atoms in total. The average molecular weight is 378 g/mol. The van der Waals surface area contributed by atoms with Crippen molar-refractivity contribution in [3.8, 4) is 11.5 Å². The highest BCUT2D eigenvalue weighted by molar-refractivity contribution is 9.10. The molecular weight excluding hydrogens is 358 g/mol. The molecule has 5 heteroatoms. The molecule has 2 aromatic carbocycles. The second-order valence-electron chi connectivity index (χ2n) is 4.92. The summed E-state index contributed by atoms with van der Waals surface area (Å²) in [5, 5.41) is 2.92. The van der Waals surface area contributed by atoms with Gasteiger partial charge in [-0.2, -0.15) is 0 Å². The Morgan fingerprint density at radius 1 is 1.13 bits per heavy atom. The number of amides is 1. The molecule has 0 bridgehead atoms. The normalized spacial score (nSPS) is 10.3. The zero-order valence-electron chi connectivity index (χ0n) is 13.5. The van der Waals surface area contributed by atoms with Gasteiger partial charge in [0.05, 0.1) is 17.7 Å². The van der Waals surface area contributed by atoms with E-state index in [1.54, 1.807) is 12.1 Å². The summed E-state index contributed by atoms with van der Waals surface area (Å²) >= 11 is 3.45. The van der Waals surface area contributed by atoms with Crippen molar-refractivity contribution in [1.82, 2.24) is 0 Å². The van der Waals surface area contributed by atoms with E-state index in [-0.39, 0.29) is 5.91 Å². The van der Waals surface area contributed by atoms with Crippen molar-refractivity contribution in [1.29, 1.82) is 0 Å². The third-order valence-electron chi connectivity index (χ3n) is 3.25. The van der Waals surface area contributed by atoms with Gasteiger partial charge in [0.2, 0.25) is 0 Å². The molecule has 0 aliphatic rings. The quantitative estimate of drug-likeness (QED) is 0.785. The Morgan fingerprint density at radius 2 is 1.83 bits per heavy atom. The number of anilines is 1. The molecule has 2 rings (SSSR count). The maximum Gasteiger partial charge on any atom is 0.255 e. The van der Waals surface area contributed by atoms with Crippen molar-refractivity contribution in [2.24, 2.45) is 0 Å². The van der Waals surface area contributed by atoms with E-state index in [0.717, 1.165) is 11.3 Å². The van der Waals surface area contributed by atoms with E-state index in [1.165, 1.54) is 0 Å². The van der Waals surface area contributed by atoms with Gasteiger partial charge >= 0.3 is 0 Å². The molecule has 0 fully saturated rings. The van der Waals surface area contributed by atoms with Crippen molar-refractivity contribution in [2.75, 3.05) is 18.5 Å². The zero-order valence-corrected chi connectivity index (χ0v) is 15.1. The van der Waals surface area contributed by atoms with Crippen molar-refractivity contribution in [3.63, 3.8) is 0 Å². The van der Waals surface area contributed by atoms with Crippen LogP contribution >= 0.6 is 15.9 Å². The van der Waals surface area contributed by atoms with Gasteiger partial charge in [0.1, 0.15) is 0 Å². The van der Waals surface area contributed by atoms with Gasteiger partial charge in [-0.1, -0.05) is 18.2 Å². The van der Waals surface area contributed by atoms with Crippen molar-refractivity contribution >= 4 is 27.5 Å². The molecule has 23 heavy (non-hydrogen) atoms. The van der Waals surface area contributed by atoms with Gasteiger partial charge in [-0.25, -0.2) is 0 Å². The largest absolute Gasteiger partial charge is 0.490 e. The van der Waals surface area contributed by atoms with Gasteiger partial charge in [-0.3, -0.25) is 4.79 Å². The molecular formula is C18H20BrNO3. The van der Waals surface area contributed by atoms with E-state index in [0.29, 0.717) is 34.7 Å². The first kappa shape index (κ1) is 17.3. The Kier molecular flexibility index (Phi) is 6.04. The minimum absolute atomic E-state index is 0.191. The number of hydrogen-bond donors (Lipinski definition) is 1. The van der Waals surface area contributed by atoms with Crippen LogP contribution in [0, 0.1) is 6.92 Å². The molecule has 0 spiro atoms. The topological polar surface area (TPSA) is 47.6 Å². The molecule has 0 aromatic heterocycles. The van der Waals surface area contributed by atoms with Crippen LogP contribution in [0.2, 0.25) is 0 Å². The van der Waals surface area contributed by atoms with E-state index in [1.807, 2.05) is 45.0 Å². The van der Waals surface area contributed by atoms with E-state index < -0.39 is 0 Å². The zero-order chi connectivity index (χ0) is 16.8. The van der Waals surface area contributed by atoms with Gasteiger partial charge in [0.15, 0.2) is 11.5 Å². The fourth-order valence-electron chi connectivity index (χ4n) is 2.15. The second-order valence-corrected chi connectivity index (χ2v) is 5.77. The lowest BCUT2D eigenvalue weighted by molar-refractivity contribution is 0.102. The van der Waals surface area contributed by atoms with Crippen LogP contribution in [0.4, 0.5) is 5.69 Å². The Labute approximate surface area is 144 Å². The molecule has 1 amide bonds. The first-order valence-electron chi connectivity index (χ1n) is 7.52. The lowest BCUT2D eigenvalue weighted by Gasteiger charge is -2.15. The number of benzene rings is 2. The molecule has 0 atom stereocenters. The molecule has 2 aromatic rings. The minimum Gasteiger partial charge on any atom is -0.490 e. The number of hydrogen-bond acceptors (Lipinski definition) is 3. The number of ether oxygens (including phenoxy) is 2. The van der Waals surface area contributed by atoms with Crippen LogP contribution in [-0.4, -0.2) is 19.1 Å². The van der Waals surface area contributed by atoms with E-state index >= 15 is 0 Å². The Hall–Kier alpha value is -2.01. The Balaban J connectivity index is 2.31. The number of halogens is 1. The minimum atomic E-state index is -0.191. The third kappa shape index (κ3) is 4.26. The van der Waals surface area contributed by atoms with Crippen LogP contribution in [0.5, 0.6) is 11.5 Å². The first-order valence-corrected chi connectivity index (χ1v) is 8.32. The smallest absolute Gasteiger partial charge is 0.255 e. The van der Waals surface area contributed by atoms with Crippen LogP contribution < -0.4 is 14.8 Å². The van der Waals surface area contributed by atoms with Crippen LogP contribution in [0.15, 0.2) is 40.9 Å². The molecule has 0 radical (unpaired) electrons. The van der Waals surface area contributed by atoms with Gasteiger partial charge in [-0.05, 0) is 60.5 Å². The molecule has 0 saturated carbocycles. The molecule has 122 valence electrons. The summed E-state index contributed by atoms with van der Waals surface area (Å²) in [5.74, 6) is 0.976. The first-order chi connectivity index (χ1) is 11.1. The summed E-state index contributed by atoms with van der Waals surface area (Å²) < 4.78 is 11.9. The summed E-state index contributed by atoms with van der Waals surface area (Å²) in [5.41, 5.74) is 2.31. The van der Waals surface area contributed by atoms with Crippen LogP contribution in [0.3, 0.4) is 0 Å². The monoisotopic (exact) mass is 377 g/mol. The van der Waals surface area contributed by atoms with Gasteiger partial charge in [0.25, 0.3) is 5.91 Å². The lowest BCUT2D eigenvalue weighted by Crippen LogP contribution is -2.13. The maximum atomic E-state index is 12.5. The maximum absolute atomic E-state index is 12.5. The summed E-state index contributed by atoms with van der Waals surface area (Å²) in [7, 11) is 0. The van der Waals surface area contributed by atoms with Gasteiger partial charge in [0, 0.05) is 11.3 Å². The number of aryl methyl sites for hydroxylation is 1. The highest BCUT2D eigenvalue weighted by Gasteiger charge is 2.16. The molecule has 0 aliphatic carbocycles. The second kappa shape index (κ2) is 8.02. The van der Waals surface area contributed by atoms with Crippen molar-refractivity contribution in [3.05, 3.63) is 52.0 Å². The summed E-state index contributed by atoms with van der Waals surface area (Å²) in [6.45, 7) is 6.77. The summed E-state index contributed by atoms with van der Waals surface area (Å²) in [4.78, 5) is 12.5. The average Bonchev–Trinajstić information content (AvgIpc) is 2.53. The van der Waals surface area contributed by atoms with E-state index in [9.17, 15) is 4.79 Å². The highest BCUT2D eigenvalue weighted by Crippen LogP contribution is 2.37. The van der Waals surface area contributed by atoms with Crippen molar-refractivity contribution < 1.29 is 14.3 Å². The third-order valence-corrected chi connectivity index (χ3v) is 3.84. The SMILES string of the molecule is CCOc1cc(C(=O)Nc2ccccc2C)cc(Br)c1OCC. The summed E-state index contributed by atoms with van der Waals surface area (Å²) in [6, 6.07) is 11.1. The predicted molar refractivity (Wildman–Crippen MR) is 95.6 cm³/mol. The van der Waals surface area contributed by atoms with E-state index in [2.05, 4.69) is 21.2 Å². The number of para-hydroxylation sites is 1. The standard InChI is InChI=1S/C18H20BrNO3/c1-4-22-16-11-13(10-14(19)17(16)23-5-2)18(21)20-15-9-7-6-8-12(15)3/h6-11H,4-5H2,1-3H3,(H,20,21). The van der Waals surface area contributed by atoms with Crippen LogP contribution in [0.25, 0.3) is 0 Å². The van der Waals surface area contributed by atoms with E-state index in [4.69, 9.17) is 9.47 Å². The van der Waals surface area contributed by atoms with Crippen molar-refractivity contribution in [2.45, 2.75) is 20.8 Å². The number of nitrogens with one attached hydrogen (secondary N) is 1. The summed E-state index contributed by atoms with van der Waals surface area (Å²) in [6.07, 6.45) is 0. The number of carbonyl (C=O) groups is 1. The number of carbonyl (C=O) groups excluding carboxylic acids is 1. The van der Waals surface area contributed by atoms with Gasteiger partial charge < -0.3 is 14.8 Å². The fourth-order valence-corrected chi connectivity index (χ4v) is 2.71. The lowest BCUT2D eigenvalue weighted by atomic mass is 10.1. The molecule has 0 aliphatic heterocycles. The molecule has 0 heterocycles. The number of rotatable bonds is 6. The predicted octanol–water partition coefficient (Wildman–Crippen LogP) is 4.81. The van der Waals surface area contributed by atoms with Crippen LogP contribution in [0.1, 0.15) is 29.8 Å². The Bertz CT molecular complexity index is 701.